The van der Waals surface area contributed by atoms with Gasteiger partial charge < -0.3 is 4.90 Å². The summed E-state index contributed by atoms with van der Waals surface area (Å²) < 4.78 is 61.5. The third kappa shape index (κ3) is 14.8. The molecule has 0 spiro atoms. The second-order valence-corrected chi connectivity index (χ2v) is 8.15. The van der Waals surface area contributed by atoms with Crippen LogP contribution in [-0.4, -0.2) is 41.9 Å². The second kappa shape index (κ2) is 7.18. The van der Waals surface area contributed by atoms with Gasteiger partial charge in [-0.3, -0.25) is 0 Å². The third-order valence-corrected chi connectivity index (χ3v) is 3.59. The van der Waals surface area contributed by atoms with Gasteiger partial charge >= 0.3 is 33.0 Å². The van der Waals surface area contributed by atoms with Gasteiger partial charge in [-0.15, -0.1) is 0 Å². The van der Waals surface area contributed by atoms with Crippen molar-refractivity contribution in [1.82, 2.24) is 4.90 Å². The average Bonchev–Trinajstić information content (AvgIpc) is 2.37. The van der Waals surface area contributed by atoms with Crippen LogP contribution < -0.4 is 0 Å². The van der Waals surface area contributed by atoms with Crippen LogP contribution in [0.15, 0.2) is 11.2 Å². The van der Waals surface area contributed by atoms with Crippen LogP contribution in [-0.2, 0) is 0 Å². The zero-order valence-corrected chi connectivity index (χ0v) is 14.4. The Labute approximate surface area is 137 Å². The summed E-state index contributed by atoms with van der Waals surface area (Å²) in [6.07, 6.45) is 12.2. The van der Waals surface area contributed by atoms with Crippen LogP contribution in [0.2, 0.25) is 0 Å². The van der Waals surface area contributed by atoms with Gasteiger partial charge in [0.1, 0.15) is 18.1 Å². The molecule has 0 saturated carbocycles. The fraction of sp³-hybridized carbons (Fsp3) is 0.769. The quantitative estimate of drug-likeness (QED) is 0.311. The molecule has 0 aliphatic carbocycles. The van der Waals surface area contributed by atoms with Crippen molar-refractivity contribution in [3.05, 3.63) is 11.2 Å². The SMILES string of the molecule is Cl/C(C=[N+]1CCCCC1)=C\N1CCCCC1.F[P-](F)(F)(F)(F)F. The molecule has 2 saturated heterocycles. The van der Waals surface area contributed by atoms with E-state index in [4.69, 9.17) is 11.6 Å². The van der Waals surface area contributed by atoms with Gasteiger partial charge in [-0.05, 0) is 25.7 Å². The molecule has 2 heterocycles. The normalized spacial score (nSPS) is 23.3. The fourth-order valence-electron chi connectivity index (χ4n) is 2.48. The van der Waals surface area contributed by atoms with Crippen molar-refractivity contribution in [2.75, 3.05) is 26.2 Å². The molecule has 23 heavy (non-hydrogen) atoms. The van der Waals surface area contributed by atoms with Crippen molar-refractivity contribution in [1.29, 1.82) is 0 Å². The predicted molar refractivity (Wildman–Crippen MR) is 82.8 cm³/mol. The molecular formula is C13H22ClF6N2P. The summed E-state index contributed by atoms with van der Waals surface area (Å²) in [5, 5.41) is 0.892. The second-order valence-electron chi connectivity index (χ2n) is 5.79. The standard InChI is InChI=1S/C13H22ClN2.F6P/c14-13(11-15-7-3-1-4-8-15)12-16-9-5-2-6-10-16;1-7(2,3,4,5)6/h11-12H,1-10H2;/q+1;-1. The Kier molecular flexibility index (Phi) is 6.41. The molecule has 2 aliphatic rings. The Bertz CT molecular complexity index is 434. The van der Waals surface area contributed by atoms with Crippen molar-refractivity contribution >= 4 is 25.6 Å². The Hall–Kier alpha value is -0.490. The van der Waals surface area contributed by atoms with E-state index in [1.165, 1.54) is 64.7 Å². The van der Waals surface area contributed by atoms with E-state index in [1.807, 2.05) is 0 Å². The van der Waals surface area contributed by atoms with Crippen LogP contribution in [0.5, 0.6) is 0 Å². The number of hydrogen-bond donors (Lipinski definition) is 0. The average molecular weight is 387 g/mol. The van der Waals surface area contributed by atoms with Gasteiger partial charge in [0.25, 0.3) is 0 Å². The van der Waals surface area contributed by atoms with Crippen LogP contribution in [0.3, 0.4) is 0 Å². The van der Waals surface area contributed by atoms with Gasteiger partial charge in [-0.1, -0.05) is 11.6 Å². The first-order valence-electron chi connectivity index (χ1n) is 7.56. The van der Waals surface area contributed by atoms with Gasteiger partial charge in [0.15, 0.2) is 6.21 Å². The van der Waals surface area contributed by atoms with E-state index in [-0.39, 0.29) is 0 Å². The molecule has 0 radical (unpaired) electrons. The van der Waals surface area contributed by atoms with Crippen LogP contribution >= 0.6 is 19.4 Å². The Morgan fingerprint density at radius 1 is 0.826 bits per heavy atom. The number of rotatable bonds is 2. The van der Waals surface area contributed by atoms with E-state index < -0.39 is 7.81 Å². The molecule has 2 nitrogen and oxygen atoms in total. The number of allylic oxidation sites excluding steroid dienone is 1. The predicted octanol–water partition coefficient (Wildman–Crippen LogP) is 6.20. The number of nitrogens with zero attached hydrogens (tertiary/aromatic N) is 2. The zero-order chi connectivity index (χ0) is 17.6. The molecule has 2 fully saturated rings. The summed E-state index contributed by atoms with van der Waals surface area (Å²) in [6, 6.07) is 0. The maximum atomic E-state index is 9.87. The van der Waals surface area contributed by atoms with Crippen molar-refractivity contribution in [2.45, 2.75) is 38.5 Å². The Morgan fingerprint density at radius 2 is 1.26 bits per heavy atom. The molecule has 0 amide bonds. The number of hydrogen-bond acceptors (Lipinski definition) is 1. The molecule has 0 aromatic heterocycles. The molecule has 0 bridgehead atoms. The van der Waals surface area contributed by atoms with Crippen molar-refractivity contribution in [2.24, 2.45) is 0 Å². The van der Waals surface area contributed by atoms with E-state index in [9.17, 15) is 25.2 Å². The summed E-state index contributed by atoms with van der Waals surface area (Å²) in [7, 11) is -10.7. The van der Waals surface area contributed by atoms with Gasteiger partial charge in [0.05, 0.1) is 0 Å². The van der Waals surface area contributed by atoms with E-state index in [1.54, 1.807) is 0 Å². The summed E-state index contributed by atoms with van der Waals surface area (Å²) in [6.45, 7) is 4.68. The summed E-state index contributed by atoms with van der Waals surface area (Å²) >= 11 is 6.27. The maximum absolute atomic E-state index is 10.7. The summed E-state index contributed by atoms with van der Waals surface area (Å²) in [4.78, 5) is 2.35. The molecule has 2 aliphatic heterocycles. The minimum absolute atomic E-state index is 0.892. The van der Waals surface area contributed by atoms with E-state index in [0.717, 1.165) is 5.03 Å². The van der Waals surface area contributed by atoms with Crippen LogP contribution in [0.4, 0.5) is 25.2 Å². The molecule has 0 N–H and O–H groups in total. The Morgan fingerprint density at radius 3 is 1.74 bits per heavy atom. The number of piperidine rings is 2. The summed E-state index contributed by atoms with van der Waals surface area (Å²) in [5.41, 5.74) is 0. The van der Waals surface area contributed by atoms with E-state index >= 15 is 0 Å². The molecular weight excluding hydrogens is 365 g/mol. The molecule has 0 atom stereocenters. The van der Waals surface area contributed by atoms with Gasteiger partial charge in [0.2, 0.25) is 0 Å². The van der Waals surface area contributed by atoms with Crippen molar-refractivity contribution < 1.29 is 29.8 Å². The monoisotopic (exact) mass is 386 g/mol. The first-order valence-corrected chi connectivity index (χ1v) is 9.97. The molecule has 138 valence electrons. The van der Waals surface area contributed by atoms with Crippen molar-refractivity contribution in [3.8, 4) is 0 Å². The van der Waals surface area contributed by atoms with Gasteiger partial charge in [-0.2, -0.15) is 0 Å². The molecule has 0 unspecified atom stereocenters. The number of likely N-dealkylation sites (tertiary alicyclic amines) is 1. The fourth-order valence-corrected chi connectivity index (χ4v) is 2.75. The molecule has 0 aromatic rings. The molecule has 0 aromatic carbocycles. The topological polar surface area (TPSA) is 6.25 Å². The van der Waals surface area contributed by atoms with Crippen LogP contribution in [0.1, 0.15) is 38.5 Å². The van der Waals surface area contributed by atoms with Crippen LogP contribution in [0.25, 0.3) is 0 Å². The molecule has 10 heteroatoms. The number of halogens is 7. The van der Waals surface area contributed by atoms with E-state index in [0.29, 0.717) is 0 Å². The minimum atomic E-state index is -10.7. The molecule has 2 rings (SSSR count). The Balaban J connectivity index is 0.000000322. The van der Waals surface area contributed by atoms with E-state index in [2.05, 4.69) is 21.9 Å². The van der Waals surface area contributed by atoms with Gasteiger partial charge in [-0.25, -0.2) is 4.58 Å². The zero-order valence-electron chi connectivity index (χ0n) is 12.7. The van der Waals surface area contributed by atoms with Crippen molar-refractivity contribution in [3.63, 3.8) is 0 Å². The first kappa shape index (κ1) is 20.6. The summed E-state index contributed by atoms with van der Waals surface area (Å²) in [5.74, 6) is 0. The van der Waals surface area contributed by atoms with Gasteiger partial charge in [0, 0.05) is 32.1 Å². The third-order valence-electron chi connectivity index (χ3n) is 3.39. The first-order chi connectivity index (χ1) is 10.3. The van der Waals surface area contributed by atoms with Crippen LogP contribution in [0, 0.1) is 0 Å².